The van der Waals surface area contributed by atoms with E-state index >= 15 is 0 Å². The Morgan fingerprint density at radius 3 is 1.96 bits per heavy atom. The van der Waals surface area contributed by atoms with E-state index in [4.69, 9.17) is 0 Å². The van der Waals surface area contributed by atoms with Gasteiger partial charge in [-0.1, -0.05) is 36.5 Å². The Balaban J connectivity index is 2.50. The Labute approximate surface area is 152 Å². The molecule has 0 aromatic rings. The van der Waals surface area contributed by atoms with Gasteiger partial charge in [-0.25, -0.2) is 0 Å². The molecule has 0 atom stereocenters. The highest BCUT2D eigenvalue weighted by Gasteiger charge is 2.86. The van der Waals surface area contributed by atoms with Gasteiger partial charge in [0.2, 0.25) is 0 Å². The second kappa shape index (κ2) is 6.71. The van der Waals surface area contributed by atoms with Crippen LogP contribution >= 0.6 is 0 Å². The van der Waals surface area contributed by atoms with Crippen molar-refractivity contribution >= 4 is 10.1 Å². The van der Waals surface area contributed by atoms with Gasteiger partial charge in [0.15, 0.2) is 0 Å². The first-order chi connectivity index (χ1) is 12.6. The fourth-order valence-electron chi connectivity index (χ4n) is 2.14. The molecule has 0 aromatic carbocycles. The molecule has 2 rings (SSSR count). The van der Waals surface area contributed by atoms with Crippen molar-refractivity contribution in [3.63, 3.8) is 0 Å². The van der Waals surface area contributed by atoms with E-state index in [1.807, 2.05) is 0 Å². The van der Waals surface area contributed by atoms with Crippen molar-refractivity contribution in [3.05, 3.63) is 59.4 Å². The number of hydrogen-bond acceptors (Lipinski definition) is 3. The Hall–Kier alpha value is -2.18. The van der Waals surface area contributed by atoms with Crippen molar-refractivity contribution in [2.75, 3.05) is 0 Å². The Kier molecular flexibility index (Phi) is 5.30. The van der Waals surface area contributed by atoms with E-state index in [0.717, 1.165) is 12.2 Å². The maximum Gasteiger partial charge on any atom is 0.460 e. The van der Waals surface area contributed by atoms with E-state index in [9.17, 15) is 47.9 Å². The van der Waals surface area contributed by atoms with Crippen molar-refractivity contribution in [1.82, 2.24) is 0 Å². The molecule has 0 N–H and O–H groups in total. The third kappa shape index (κ3) is 3.35. The summed E-state index contributed by atoms with van der Waals surface area (Å²) in [6, 6.07) is 0. The zero-order valence-electron chi connectivity index (χ0n) is 13.3. The smallest absolute Gasteiger partial charge is 0.378 e. The Morgan fingerprint density at radius 1 is 0.821 bits per heavy atom. The third-order valence-electron chi connectivity index (χ3n) is 3.64. The molecule has 0 unspecified atom stereocenters. The molecule has 156 valence electrons. The first kappa shape index (κ1) is 22.1. The van der Waals surface area contributed by atoms with Gasteiger partial charge in [-0.15, -0.1) is 0 Å². The van der Waals surface area contributed by atoms with Crippen LogP contribution in [0.15, 0.2) is 59.4 Å². The molecule has 0 heterocycles. The van der Waals surface area contributed by atoms with E-state index in [2.05, 4.69) is 4.18 Å². The van der Waals surface area contributed by atoms with Gasteiger partial charge in [-0.2, -0.15) is 47.9 Å². The molecule has 28 heavy (non-hydrogen) atoms. The van der Waals surface area contributed by atoms with Gasteiger partial charge in [-0.05, 0) is 18.1 Å². The predicted molar refractivity (Wildman–Crippen MR) is 78.0 cm³/mol. The quantitative estimate of drug-likeness (QED) is 0.445. The molecule has 13 heteroatoms. The molecule has 3 nitrogen and oxygen atoms in total. The number of halogens is 9. The van der Waals surface area contributed by atoms with Crippen molar-refractivity contribution in [2.24, 2.45) is 0 Å². The van der Waals surface area contributed by atoms with Crippen molar-refractivity contribution in [2.45, 2.75) is 29.7 Å². The Morgan fingerprint density at radius 2 is 1.39 bits per heavy atom. The topological polar surface area (TPSA) is 43.4 Å². The number of fused-ring (bicyclic) bond motifs is 1. The minimum atomic E-state index is -7.35. The molecule has 2 aliphatic rings. The summed E-state index contributed by atoms with van der Waals surface area (Å²) < 4.78 is 144. The highest BCUT2D eigenvalue weighted by molar-refractivity contribution is 7.88. The molecule has 2 aliphatic carbocycles. The van der Waals surface area contributed by atoms with Gasteiger partial charge >= 0.3 is 33.4 Å². The SMILES string of the molecule is O=S(=O)(OC1=C2CC=CC=C2C=CC=C1)C(F)(F)C(F)(F)C(F)(F)C(F)(F)F. The lowest BCUT2D eigenvalue weighted by Crippen LogP contribution is -2.63. The van der Waals surface area contributed by atoms with Gasteiger partial charge in [0.25, 0.3) is 0 Å². The average Bonchev–Trinajstić information content (AvgIpc) is 2.75. The Bertz CT molecular complexity index is 904. The molecule has 0 saturated carbocycles. The first-order valence-corrected chi connectivity index (χ1v) is 8.56. The van der Waals surface area contributed by atoms with E-state index in [-0.39, 0.29) is 17.6 Å². The van der Waals surface area contributed by atoms with Crippen molar-refractivity contribution in [1.29, 1.82) is 0 Å². The van der Waals surface area contributed by atoms with Gasteiger partial charge in [0.05, 0.1) is 0 Å². The molecule has 0 spiro atoms. The summed E-state index contributed by atoms with van der Waals surface area (Å²) in [6.07, 6.45) is 1.54. The third-order valence-corrected chi connectivity index (χ3v) is 4.93. The number of rotatable bonds is 5. The monoisotopic (exact) mass is 440 g/mol. The molecule has 0 radical (unpaired) electrons. The number of hydrogen-bond donors (Lipinski definition) is 0. The zero-order chi connectivity index (χ0) is 21.6. The second-order valence-corrected chi connectivity index (χ2v) is 7.10. The van der Waals surface area contributed by atoms with Crippen LogP contribution in [-0.2, 0) is 14.3 Å². The van der Waals surface area contributed by atoms with Crippen LogP contribution in [0.5, 0.6) is 0 Å². The molecular formula is C15H9F9O3S. The second-order valence-electron chi connectivity index (χ2n) is 5.52. The van der Waals surface area contributed by atoms with Crippen LogP contribution in [0.25, 0.3) is 0 Å². The van der Waals surface area contributed by atoms with Crippen LogP contribution in [0.1, 0.15) is 6.42 Å². The van der Waals surface area contributed by atoms with Crippen molar-refractivity contribution in [3.8, 4) is 0 Å². The van der Waals surface area contributed by atoms with E-state index in [0.29, 0.717) is 0 Å². The standard InChI is InChI=1S/C15H9F9O3S/c16-12(17,14(20,21)22)13(18,19)15(23,24)28(25,26)27-11-8-4-2-6-9-5-1-3-7-10(9)11/h1-6,8H,7H2. The summed E-state index contributed by atoms with van der Waals surface area (Å²) in [6.45, 7) is 0. The number of alkyl halides is 9. The van der Waals surface area contributed by atoms with E-state index in [1.165, 1.54) is 30.4 Å². The summed E-state index contributed by atoms with van der Waals surface area (Å²) in [7, 11) is -6.98. The zero-order valence-corrected chi connectivity index (χ0v) is 14.1. The summed E-state index contributed by atoms with van der Waals surface area (Å²) >= 11 is 0. The summed E-state index contributed by atoms with van der Waals surface area (Å²) in [4.78, 5) is 0. The molecule has 0 aromatic heterocycles. The van der Waals surface area contributed by atoms with Crippen LogP contribution in [-0.4, -0.2) is 31.7 Å². The number of allylic oxidation sites excluding steroid dienone is 9. The lowest BCUT2D eigenvalue weighted by atomic mass is 9.97. The lowest BCUT2D eigenvalue weighted by Gasteiger charge is -2.32. The van der Waals surface area contributed by atoms with Crippen LogP contribution in [0.4, 0.5) is 39.5 Å². The van der Waals surface area contributed by atoms with E-state index < -0.39 is 39.2 Å². The van der Waals surface area contributed by atoms with Crippen LogP contribution in [0.3, 0.4) is 0 Å². The van der Waals surface area contributed by atoms with Gasteiger partial charge in [-0.3, -0.25) is 0 Å². The molecule has 0 bridgehead atoms. The first-order valence-electron chi connectivity index (χ1n) is 7.15. The maximum atomic E-state index is 13.8. The average molecular weight is 440 g/mol. The normalized spacial score (nSPS) is 18.7. The minimum Gasteiger partial charge on any atom is -0.378 e. The highest BCUT2D eigenvalue weighted by atomic mass is 32.2. The van der Waals surface area contributed by atoms with Crippen molar-refractivity contribution < 1.29 is 52.1 Å². The minimum absolute atomic E-state index is 0.0854. The fraction of sp³-hybridized carbons (Fsp3) is 0.333. The summed E-state index contributed by atoms with van der Waals surface area (Å²) in [5, 5.41) is -6.91. The van der Waals surface area contributed by atoms with Gasteiger partial charge < -0.3 is 4.18 Å². The van der Waals surface area contributed by atoms with Crippen LogP contribution in [0, 0.1) is 0 Å². The molecule has 0 aliphatic heterocycles. The van der Waals surface area contributed by atoms with Gasteiger partial charge in [0, 0.05) is 5.57 Å². The molecule has 0 amide bonds. The van der Waals surface area contributed by atoms with Crippen LogP contribution in [0.2, 0.25) is 0 Å². The van der Waals surface area contributed by atoms with E-state index in [1.54, 1.807) is 0 Å². The maximum absolute atomic E-state index is 13.8. The fourth-order valence-corrected chi connectivity index (χ4v) is 3.08. The largest absolute Gasteiger partial charge is 0.460 e. The predicted octanol–water partition coefficient (Wildman–Crippen LogP) is 5.02. The lowest BCUT2D eigenvalue weighted by molar-refractivity contribution is -0.382. The summed E-state index contributed by atoms with van der Waals surface area (Å²) in [5.74, 6) is -15.6. The summed E-state index contributed by atoms with van der Waals surface area (Å²) in [5.41, 5.74) is 0.145. The molecular weight excluding hydrogens is 431 g/mol. The molecule has 0 saturated heterocycles. The van der Waals surface area contributed by atoms with Gasteiger partial charge in [0.1, 0.15) is 5.76 Å². The van der Waals surface area contributed by atoms with Crippen LogP contribution < -0.4 is 0 Å². The molecule has 0 fully saturated rings. The highest BCUT2D eigenvalue weighted by Crippen LogP contribution is 2.55.